The molecule has 0 bridgehead atoms. The number of alkyl halides is 6. The van der Waals surface area contributed by atoms with E-state index >= 15 is 0 Å². The highest BCUT2D eigenvalue weighted by Gasteiger charge is 2.39. The molecule has 2 atom stereocenters. The van der Waals surface area contributed by atoms with Crippen LogP contribution in [0, 0.1) is 5.82 Å². The first kappa shape index (κ1) is 28.3. The van der Waals surface area contributed by atoms with Gasteiger partial charge in [0.05, 0.1) is 11.1 Å². The van der Waals surface area contributed by atoms with Gasteiger partial charge in [-0.15, -0.1) is 0 Å². The van der Waals surface area contributed by atoms with E-state index in [-0.39, 0.29) is 25.6 Å². The summed E-state index contributed by atoms with van der Waals surface area (Å²) in [6.45, 7) is 5.16. The number of piperidine rings is 1. The highest BCUT2D eigenvalue weighted by atomic mass is 19.4. The minimum absolute atomic E-state index is 0.0158. The molecule has 2 aromatic rings. The van der Waals surface area contributed by atoms with Crippen LogP contribution in [0.2, 0.25) is 0 Å². The van der Waals surface area contributed by atoms with Gasteiger partial charge >= 0.3 is 18.4 Å². The van der Waals surface area contributed by atoms with Gasteiger partial charge in [0.1, 0.15) is 11.4 Å². The Bertz CT molecular complexity index is 1110. The summed E-state index contributed by atoms with van der Waals surface area (Å²) in [5, 5.41) is 2.52. The van der Waals surface area contributed by atoms with Gasteiger partial charge in [-0.2, -0.15) is 26.3 Å². The lowest BCUT2D eigenvalue weighted by atomic mass is 9.85. The molecule has 1 aliphatic heterocycles. The highest BCUT2D eigenvalue weighted by molar-refractivity contribution is 5.95. The molecule has 1 heterocycles. The van der Waals surface area contributed by atoms with Crippen molar-refractivity contribution < 1.29 is 45.1 Å². The number of carbonyl (C=O) groups excluding carboxylic acids is 2. The molecule has 2 amide bonds. The van der Waals surface area contributed by atoms with E-state index in [2.05, 4.69) is 5.32 Å². The monoisotopic (exact) mass is 534 g/mol. The lowest BCUT2D eigenvalue weighted by Gasteiger charge is -2.39. The number of hydrogen-bond acceptors (Lipinski definition) is 3. The predicted octanol–water partition coefficient (Wildman–Crippen LogP) is 6.39. The molecule has 0 spiro atoms. The highest BCUT2D eigenvalue weighted by Crippen LogP contribution is 2.37. The molecule has 2 unspecified atom stereocenters. The van der Waals surface area contributed by atoms with Crippen LogP contribution < -0.4 is 5.32 Å². The number of rotatable bonds is 3. The molecule has 1 N–H and O–H groups in total. The molecule has 2 aromatic carbocycles. The van der Waals surface area contributed by atoms with E-state index in [4.69, 9.17) is 4.74 Å². The Labute approximate surface area is 208 Å². The van der Waals surface area contributed by atoms with Crippen molar-refractivity contribution in [3.05, 3.63) is 70.5 Å². The number of benzene rings is 2. The molecule has 0 saturated carbocycles. The summed E-state index contributed by atoms with van der Waals surface area (Å²) in [5.41, 5.74) is -4.30. The van der Waals surface area contributed by atoms with Crippen molar-refractivity contribution in [1.82, 2.24) is 10.2 Å². The van der Waals surface area contributed by atoms with Crippen LogP contribution in [-0.4, -0.2) is 41.6 Å². The van der Waals surface area contributed by atoms with Gasteiger partial charge in [0.15, 0.2) is 0 Å². The maximum absolute atomic E-state index is 13.5. The fraction of sp³-hybridized carbons (Fsp3) is 0.440. The average Bonchev–Trinajstić information content (AvgIpc) is 2.77. The van der Waals surface area contributed by atoms with Crippen molar-refractivity contribution in [2.24, 2.45) is 0 Å². The van der Waals surface area contributed by atoms with Gasteiger partial charge in [0, 0.05) is 30.6 Å². The van der Waals surface area contributed by atoms with Crippen molar-refractivity contribution in [3.63, 3.8) is 0 Å². The third-order valence-corrected chi connectivity index (χ3v) is 5.73. The van der Waals surface area contributed by atoms with Gasteiger partial charge in [-0.3, -0.25) is 4.79 Å². The Morgan fingerprint density at radius 2 is 1.46 bits per heavy atom. The number of nitrogens with one attached hydrogen (secondary N) is 1. The molecular formula is C25H25F7N2O3. The van der Waals surface area contributed by atoms with Crippen LogP contribution in [0.3, 0.4) is 0 Å². The SMILES string of the molecule is CC(C)(C)OC(=O)N1CCC(NC(=O)c2cc(C(F)(F)F)cc(C(F)(F)F)c2)C(c2ccc(F)cc2)C1. The van der Waals surface area contributed by atoms with Gasteiger partial charge < -0.3 is 15.0 Å². The van der Waals surface area contributed by atoms with E-state index in [1.54, 1.807) is 20.8 Å². The summed E-state index contributed by atoms with van der Waals surface area (Å²) in [7, 11) is 0. The average molecular weight is 534 g/mol. The topological polar surface area (TPSA) is 58.6 Å². The summed E-state index contributed by atoms with van der Waals surface area (Å²) in [6.07, 6.45) is -10.7. The Hall–Kier alpha value is -3.31. The predicted molar refractivity (Wildman–Crippen MR) is 119 cm³/mol. The molecule has 12 heteroatoms. The molecule has 1 fully saturated rings. The van der Waals surface area contributed by atoms with E-state index in [0.717, 1.165) is 0 Å². The van der Waals surface area contributed by atoms with Gasteiger partial charge in [-0.1, -0.05) is 12.1 Å². The zero-order chi connectivity index (χ0) is 27.8. The largest absolute Gasteiger partial charge is 0.444 e. The fourth-order valence-electron chi connectivity index (χ4n) is 4.00. The number of amides is 2. The molecular weight excluding hydrogens is 509 g/mol. The number of halogens is 7. The van der Waals surface area contributed by atoms with Crippen molar-refractivity contribution in [3.8, 4) is 0 Å². The third kappa shape index (κ3) is 7.36. The van der Waals surface area contributed by atoms with E-state index < -0.39 is 64.4 Å². The third-order valence-electron chi connectivity index (χ3n) is 5.73. The summed E-state index contributed by atoms with van der Waals surface area (Å²) in [5.74, 6) is -2.31. The second-order valence-corrected chi connectivity index (χ2v) is 9.75. The number of ether oxygens (including phenoxy) is 1. The van der Waals surface area contributed by atoms with Crippen molar-refractivity contribution >= 4 is 12.0 Å². The lowest BCUT2D eigenvalue weighted by molar-refractivity contribution is -0.143. The summed E-state index contributed by atoms with van der Waals surface area (Å²) < 4.78 is 98.3. The molecule has 5 nitrogen and oxygen atoms in total. The normalized spacial score (nSPS) is 18.9. The second kappa shape index (κ2) is 10.2. The molecule has 0 aliphatic carbocycles. The molecule has 1 aliphatic rings. The summed E-state index contributed by atoms with van der Waals surface area (Å²) >= 11 is 0. The summed E-state index contributed by atoms with van der Waals surface area (Å²) in [6, 6.07) is 5.08. The van der Waals surface area contributed by atoms with Crippen molar-refractivity contribution in [1.29, 1.82) is 0 Å². The summed E-state index contributed by atoms with van der Waals surface area (Å²) in [4.78, 5) is 26.9. The van der Waals surface area contributed by atoms with Crippen LogP contribution >= 0.6 is 0 Å². The second-order valence-electron chi connectivity index (χ2n) is 9.75. The number of hydrogen-bond donors (Lipinski definition) is 1. The Morgan fingerprint density at radius 1 is 0.919 bits per heavy atom. The van der Waals surface area contributed by atoms with Crippen LogP contribution in [0.1, 0.15) is 60.2 Å². The number of likely N-dealkylation sites (tertiary alicyclic amines) is 1. The number of carbonyl (C=O) groups is 2. The van der Waals surface area contributed by atoms with E-state index in [9.17, 15) is 40.3 Å². The van der Waals surface area contributed by atoms with E-state index in [0.29, 0.717) is 17.7 Å². The zero-order valence-electron chi connectivity index (χ0n) is 20.1. The molecule has 37 heavy (non-hydrogen) atoms. The lowest BCUT2D eigenvalue weighted by Crippen LogP contribution is -2.52. The van der Waals surface area contributed by atoms with Crippen LogP contribution in [0.15, 0.2) is 42.5 Å². The Morgan fingerprint density at radius 3 is 1.95 bits per heavy atom. The standard InChI is InChI=1S/C25H25F7N2O3/c1-23(2,3)37-22(36)34-9-8-20(19(13-34)14-4-6-18(26)7-5-14)33-21(35)15-10-16(24(27,28)29)12-17(11-15)25(30,31)32/h4-7,10-12,19-20H,8-9,13H2,1-3H3,(H,33,35). The van der Waals surface area contributed by atoms with Gasteiger partial charge in [-0.25, -0.2) is 9.18 Å². The van der Waals surface area contributed by atoms with Gasteiger partial charge in [-0.05, 0) is 63.1 Å². The maximum Gasteiger partial charge on any atom is 0.416 e. The number of nitrogens with zero attached hydrogens (tertiary/aromatic N) is 1. The first-order valence-corrected chi connectivity index (χ1v) is 11.3. The quantitative estimate of drug-likeness (QED) is 0.465. The molecule has 3 rings (SSSR count). The van der Waals surface area contributed by atoms with Gasteiger partial charge in [0.2, 0.25) is 0 Å². The Balaban J connectivity index is 1.91. The van der Waals surface area contributed by atoms with Crippen molar-refractivity contribution in [2.45, 2.75) is 57.1 Å². The van der Waals surface area contributed by atoms with Crippen LogP contribution in [0.25, 0.3) is 0 Å². The molecule has 1 saturated heterocycles. The van der Waals surface area contributed by atoms with E-state index in [1.807, 2.05) is 0 Å². The van der Waals surface area contributed by atoms with Crippen LogP contribution in [-0.2, 0) is 17.1 Å². The van der Waals surface area contributed by atoms with Gasteiger partial charge in [0.25, 0.3) is 5.91 Å². The fourth-order valence-corrected chi connectivity index (χ4v) is 4.00. The Kier molecular flexibility index (Phi) is 7.80. The minimum Gasteiger partial charge on any atom is -0.444 e. The van der Waals surface area contributed by atoms with Crippen LogP contribution in [0.5, 0.6) is 0 Å². The molecule has 202 valence electrons. The molecule has 0 radical (unpaired) electrons. The van der Waals surface area contributed by atoms with E-state index in [1.165, 1.54) is 29.2 Å². The maximum atomic E-state index is 13.5. The first-order chi connectivity index (χ1) is 16.9. The van der Waals surface area contributed by atoms with Crippen LogP contribution in [0.4, 0.5) is 35.5 Å². The zero-order valence-corrected chi connectivity index (χ0v) is 20.1. The molecule has 0 aromatic heterocycles. The minimum atomic E-state index is -5.11. The smallest absolute Gasteiger partial charge is 0.416 e. The van der Waals surface area contributed by atoms with Crippen molar-refractivity contribution in [2.75, 3.05) is 13.1 Å². The first-order valence-electron chi connectivity index (χ1n) is 11.3.